The van der Waals surface area contributed by atoms with Gasteiger partial charge in [0.15, 0.2) is 9.84 Å². The Morgan fingerprint density at radius 1 is 1.36 bits per heavy atom. The average molecular weight is 175 g/mol. The van der Waals surface area contributed by atoms with Crippen molar-refractivity contribution < 1.29 is 8.42 Å². The first-order chi connectivity index (χ1) is 5.04. The van der Waals surface area contributed by atoms with E-state index in [1.807, 2.05) is 0 Å². The highest BCUT2D eigenvalue weighted by Gasteiger charge is 2.53. The first kappa shape index (κ1) is 7.55. The van der Waals surface area contributed by atoms with Crippen LogP contribution < -0.4 is 5.73 Å². The zero-order valence-corrected chi connectivity index (χ0v) is 7.23. The van der Waals surface area contributed by atoms with Crippen molar-refractivity contribution in [3.05, 3.63) is 0 Å². The van der Waals surface area contributed by atoms with Crippen molar-refractivity contribution >= 4 is 9.84 Å². The third-order valence-corrected chi connectivity index (χ3v) is 4.80. The van der Waals surface area contributed by atoms with Gasteiger partial charge in [-0.3, -0.25) is 0 Å². The van der Waals surface area contributed by atoms with Crippen LogP contribution in [0.5, 0.6) is 0 Å². The van der Waals surface area contributed by atoms with E-state index in [4.69, 9.17) is 5.73 Å². The van der Waals surface area contributed by atoms with Crippen molar-refractivity contribution in [1.82, 2.24) is 0 Å². The van der Waals surface area contributed by atoms with Crippen molar-refractivity contribution in [1.29, 1.82) is 0 Å². The van der Waals surface area contributed by atoms with Crippen molar-refractivity contribution in [3.8, 4) is 0 Å². The Balaban J connectivity index is 2.22. The minimum absolute atomic E-state index is 0.0110. The molecule has 1 saturated heterocycles. The Morgan fingerprint density at radius 3 is 2.45 bits per heavy atom. The van der Waals surface area contributed by atoms with E-state index in [1.54, 1.807) is 0 Å². The molecule has 1 heterocycles. The summed E-state index contributed by atoms with van der Waals surface area (Å²) in [6.07, 6.45) is 2.71. The van der Waals surface area contributed by atoms with E-state index in [-0.39, 0.29) is 11.5 Å². The fourth-order valence-electron chi connectivity index (χ4n) is 1.91. The molecule has 1 saturated carbocycles. The van der Waals surface area contributed by atoms with Crippen LogP contribution in [0, 0.1) is 5.41 Å². The fraction of sp³-hybridized carbons (Fsp3) is 1.00. The molecular formula is C7H13NO2S. The highest BCUT2D eigenvalue weighted by molar-refractivity contribution is 7.91. The maximum Gasteiger partial charge on any atom is 0.150 e. The van der Waals surface area contributed by atoms with Gasteiger partial charge in [0, 0.05) is 6.04 Å². The monoisotopic (exact) mass is 175 g/mol. The van der Waals surface area contributed by atoms with Gasteiger partial charge in [-0.1, -0.05) is 0 Å². The first-order valence-corrected chi connectivity index (χ1v) is 5.82. The molecule has 2 aliphatic rings. The number of hydrogen-bond donors (Lipinski definition) is 1. The Bertz CT molecular complexity index is 266. The zero-order valence-electron chi connectivity index (χ0n) is 6.41. The van der Waals surface area contributed by atoms with Gasteiger partial charge in [0.1, 0.15) is 0 Å². The molecule has 2 fully saturated rings. The van der Waals surface area contributed by atoms with Gasteiger partial charge in [-0.15, -0.1) is 0 Å². The second-order valence-electron chi connectivity index (χ2n) is 3.85. The predicted molar refractivity (Wildman–Crippen MR) is 42.9 cm³/mol. The van der Waals surface area contributed by atoms with Crippen molar-refractivity contribution in [2.45, 2.75) is 25.3 Å². The molecule has 3 nitrogen and oxygen atoms in total. The van der Waals surface area contributed by atoms with Gasteiger partial charge in [0.05, 0.1) is 11.5 Å². The van der Waals surface area contributed by atoms with Crippen LogP contribution in [0.3, 0.4) is 0 Å². The van der Waals surface area contributed by atoms with Crippen LogP contribution in [0.2, 0.25) is 0 Å². The van der Waals surface area contributed by atoms with Gasteiger partial charge < -0.3 is 5.73 Å². The summed E-state index contributed by atoms with van der Waals surface area (Å²) in [5, 5.41) is 0. The zero-order chi connectivity index (χ0) is 8.11. The lowest BCUT2D eigenvalue weighted by molar-refractivity contribution is 0.403. The van der Waals surface area contributed by atoms with Gasteiger partial charge >= 0.3 is 0 Å². The molecule has 1 spiro atoms. The van der Waals surface area contributed by atoms with Crippen LogP contribution in [0.1, 0.15) is 19.3 Å². The summed E-state index contributed by atoms with van der Waals surface area (Å²) < 4.78 is 22.4. The third kappa shape index (κ3) is 1.18. The molecule has 1 aliphatic heterocycles. The quantitative estimate of drug-likeness (QED) is 0.560. The summed E-state index contributed by atoms with van der Waals surface area (Å²) >= 11 is 0. The van der Waals surface area contributed by atoms with Gasteiger partial charge in [-0.25, -0.2) is 8.42 Å². The summed E-state index contributed by atoms with van der Waals surface area (Å²) in [6.45, 7) is 0. The molecule has 11 heavy (non-hydrogen) atoms. The largest absolute Gasteiger partial charge is 0.327 e. The summed E-state index contributed by atoms with van der Waals surface area (Å²) in [5.41, 5.74) is 5.84. The molecule has 0 amide bonds. The van der Waals surface area contributed by atoms with Crippen LogP contribution >= 0.6 is 0 Å². The second kappa shape index (κ2) is 1.98. The van der Waals surface area contributed by atoms with Gasteiger partial charge in [-0.2, -0.15) is 0 Å². The van der Waals surface area contributed by atoms with Crippen LogP contribution in [0.25, 0.3) is 0 Å². The van der Waals surface area contributed by atoms with Gasteiger partial charge in [-0.05, 0) is 24.7 Å². The molecule has 2 N–H and O–H groups in total. The highest BCUT2D eigenvalue weighted by atomic mass is 32.2. The minimum Gasteiger partial charge on any atom is -0.327 e. The van der Waals surface area contributed by atoms with Gasteiger partial charge in [0.2, 0.25) is 0 Å². The lowest BCUT2D eigenvalue weighted by Gasteiger charge is -2.27. The molecule has 0 bridgehead atoms. The van der Waals surface area contributed by atoms with Crippen molar-refractivity contribution in [2.75, 3.05) is 11.5 Å². The summed E-state index contributed by atoms with van der Waals surface area (Å²) in [6, 6.07) is 0.144. The normalized spacial score (nSPS) is 38.8. The van der Waals surface area contributed by atoms with Gasteiger partial charge in [0.25, 0.3) is 0 Å². The van der Waals surface area contributed by atoms with E-state index in [0.29, 0.717) is 17.9 Å². The summed E-state index contributed by atoms with van der Waals surface area (Å²) in [7, 11) is -2.74. The SMILES string of the molecule is NC1CCS(=O)(=O)CC12CC2. The van der Waals surface area contributed by atoms with Crippen molar-refractivity contribution in [2.24, 2.45) is 11.1 Å². The van der Waals surface area contributed by atoms with Crippen LogP contribution in [-0.4, -0.2) is 26.0 Å². The minimum atomic E-state index is -2.74. The first-order valence-electron chi connectivity index (χ1n) is 4.00. The molecule has 0 aromatic rings. The van der Waals surface area contributed by atoms with Crippen LogP contribution in [-0.2, 0) is 9.84 Å². The van der Waals surface area contributed by atoms with Crippen LogP contribution in [0.15, 0.2) is 0 Å². The lowest BCUT2D eigenvalue weighted by Crippen LogP contribution is -2.43. The molecule has 1 unspecified atom stereocenters. The highest BCUT2D eigenvalue weighted by Crippen LogP contribution is 2.51. The lowest BCUT2D eigenvalue weighted by atomic mass is 9.97. The summed E-state index contributed by atoms with van der Waals surface area (Å²) in [5.74, 6) is 0.650. The fourth-order valence-corrected chi connectivity index (χ4v) is 4.04. The third-order valence-electron chi connectivity index (χ3n) is 2.93. The van der Waals surface area contributed by atoms with E-state index in [9.17, 15) is 8.42 Å². The molecule has 4 heteroatoms. The molecule has 1 aliphatic carbocycles. The number of nitrogens with two attached hydrogens (primary N) is 1. The maximum atomic E-state index is 11.2. The van der Waals surface area contributed by atoms with E-state index in [1.165, 1.54) is 0 Å². The molecule has 0 aromatic heterocycles. The number of rotatable bonds is 0. The Morgan fingerprint density at radius 2 is 2.00 bits per heavy atom. The molecule has 1 atom stereocenters. The summed E-state index contributed by atoms with van der Waals surface area (Å²) in [4.78, 5) is 0. The predicted octanol–water partition coefficient (Wildman–Crippen LogP) is -0.0876. The van der Waals surface area contributed by atoms with Crippen molar-refractivity contribution in [3.63, 3.8) is 0 Å². The van der Waals surface area contributed by atoms with E-state index in [2.05, 4.69) is 0 Å². The van der Waals surface area contributed by atoms with E-state index < -0.39 is 9.84 Å². The maximum absolute atomic E-state index is 11.2. The molecule has 2 rings (SSSR count). The molecule has 0 aromatic carbocycles. The average Bonchev–Trinajstić information content (AvgIpc) is 2.61. The second-order valence-corrected chi connectivity index (χ2v) is 6.03. The Hall–Kier alpha value is -0.0900. The molecule has 0 radical (unpaired) electrons. The number of sulfone groups is 1. The topological polar surface area (TPSA) is 60.2 Å². The Labute approximate surface area is 66.9 Å². The standard InChI is InChI=1S/C7H13NO2S/c8-6-1-4-11(9,10)5-7(6)2-3-7/h6H,1-5,8H2. The molecular weight excluding hydrogens is 162 g/mol. The van der Waals surface area contributed by atoms with E-state index in [0.717, 1.165) is 12.8 Å². The number of hydrogen-bond acceptors (Lipinski definition) is 3. The van der Waals surface area contributed by atoms with E-state index >= 15 is 0 Å². The Kier molecular flexibility index (Phi) is 1.36. The smallest absolute Gasteiger partial charge is 0.150 e. The van der Waals surface area contributed by atoms with Crippen LogP contribution in [0.4, 0.5) is 0 Å². The molecule has 64 valence electrons.